The maximum Gasteiger partial charge on any atom is 0.0657 e. The van der Waals surface area contributed by atoms with Gasteiger partial charge < -0.3 is 10.6 Å². The third kappa shape index (κ3) is 2.44. The fourth-order valence-corrected chi connectivity index (χ4v) is 3.76. The topological polar surface area (TPSA) is 29.3 Å². The van der Waals surface area contributed by atoms with E-state index in [0.29, 0.717) is 12.1 Å². The lowest BCUT2D eigenvalue weighted by Gasteiger charge is -2.39. The Bertz CT molecular complexity index is 361. The molecule has 0 bridgehead atoms. The fraction of sp³-hybridized carbons (Fsp3) is 0.500. The molecule has 0 radical (unpaired) electrons. The number of anilines is 1. The molecule has 4 heteroatoms. The maximum atomic E-state index is 5.99. The Morgan fingerprint density at radius 2 is 1.94 bits per heavy atom. The van der Waals surface area contributed by atoms with Crippen molar-refractivity contribution in [2.75, 3.05) is 11.4 Å². The summed E-state index contributed by atoms with van der Waals surface area (Å²) in [7, 11) is 0. The van der Waals surface area contributed by atoms with Gasteiger partial charge in [-0.25, -0.2) is 0 Å². The molecule has 0 saturated carbocycles. The summed E-state index contributed by atoms with van der Waals surface area (Å²) >= 11 is 7.24. The van der Waals surface area contributed by atoms with Gasteiger partial charge in [0.15, 0.2) is 0 Å². The van der Waals surface area contributed by atoms with E-state index in [0.717, 1.165) is 28.3 Å². The average molecular weight is 348 g/mol. The molecule has 1 saturated heterocycles. The molecule has 16 heavy (non-hydrogen) atoms. The highest BCUT2D eigenvalue weighted by Crippen LogP contribution is 2.37. The van der Waals surface area contributed by atoms with Crippen molar-refractivity contribution < 1.29 is 0 Å². The van der Waals surface area contributed by atoms with Crippen LogP contribution in [0.5, 0.6) is 0 Å². The second-order valence-corrected chi connectivity index (χ2v) is 6.11. The van der Waals surface area contributed by atoms with Crippen LogP contribution in [0.15, 0.2) is 27.1 Å². The SMILES string of the molecule is CC1CC(N)CCN1c1c(Br)cccc1Br. The minimum Gasteiger partial charge on any atom is -0.367 e. The monoisotopic (exact) mass is 346 g/mol. The van der Waals surface area contributed by atoms with Gasteiger partial charge in [-0.2, -0.15) is 0 Å². The minimum atomic E-state index is 0.354. The molecular weight excluding hydrogens is 332 g/mol. The highest BCUT2D eigenvalue weighted by atomic mass is 79.9. The van der Waals surface area contributed by atoms with E-state index in [2.05, 4.69) is 55.8 Å². The van der Waals surface area contributed by atoms with Crippen LogP contribution in [0.1, 0.15) is 19.8 Å². The molecule has 1 aliphatic rings. The molecule has 2 nitrogen and oxygen atoms in total. The Hall–Kier alpha value is -0.0600. The smallest absolute Gasteiger partial charge is 0.0657 e. The van der Waals surface area contributed by atoms with E-state index in [1.807, 2.05) is 6.07 Å². The highest BCUT2D eigenvalue weighted by molar-refractivity contribution is 9.11. The van der Waals surface area contributed by atoms with E-state index in [1.165, 1.54) is 5.69 Å². The third-order valence-electron chi connectivity index (χ3n) is 3.14. The van der Waals surface area contributed by atoms with Gasteiger partial charge in [0.05, 0.1) is 5.69 Å². The Labute approximate surface area is 113 Å². The van der Waals surface area contributed by atoms with Crippen molar-refractivity contribution in [3.63, 3.8) is 0 Å². The van der Waals surface area contributed by atoms with Crippen LogP contribution in [0, 0.1) is 0 Å². The van der Waals surface area contributed by atoms with Crippen molar-refractivity contribution in [2.45, 2.75) is 31.8 Å². The molecule has 2 rings (SSSR count). The van der Waals surface area contributed by atoms with Crippen LogP contribution in [0.25, 0.3) is 0 Å². The largest absolute Gasteiger partial charge is 0.367 e. The van der Waals surface area contributed by atoms with Crippen molar-refractivity contribution in [2.24, 2.45) is 5.73 Å². The van der Waals surface area contributed by atoms with Crippen LogP contribution in [0.3, 0.4) is 0 Å². The standard InChI is InChI=1S/C12H16Br2N2/c1-8-7-9(15)5-6-16(8)12-10(13)3-2-4-11(12)14/h2-4,8-9H,5-7,15H2,1H3. The Morgan fingerprint density at radius 1 is 1.31 bits per heavy atom. The van der Waals surface area contributed by atoms with E-state index in [-0.39, 0.29) is 0 Å². The highest BCUT2D eigenvalue weighted by Gasteiger charge is 2.25. The summed E-state index contributed by atoms with van der Waals surface area (Å²) in [5.41, 5.74) is 7.24. The number of para-hydroxylation sites is 1. The molecule has 0 aromatic heterocycles. The van der Waals surface area contributed by atoms with Crippen LogP contribution in [-0.2, 0) is 0 Å². The van der Waals surface area contributed by atoms with E-state index in [9.17, 15) is 0 Å². The van der Waals surface area contributed by atoms with Crippen molar-refractivity contribution in [3.8, 4) is 0 Å². The van der Waals surface area contributed by atoms with Crippen molar-refractivity contribution in [3.05, 3.63) is 27.1 Å². The zero-order valence-electron chi connectivity index (χ0n) is 9.29. The van der Waals surface area contributed by atoms with Crippen LogP contribution >= 0.6 is 31.9 Å². The summed E-state index contributed by atoms with van der Waals surface area (Å²) in [4.78, 5) is 2.43. The second kappa shape index (κ2) is 5.07. The van der Waals surface area contributed by atoms with Crippen LogP contribution < -0.4 is 10.6 Å². The first kappa shape index (κ1) is 12.4. The lowest BCUT2D eigenvalue weighted by Crippen LogP contribution is -2.45. The lowest BCUT2D eigenvalue weighted by atomic mass is 9.98. The molecule has 1 aromatic rings. The van der Waals surface area contributed by atoms with Crippen LogP contribution in [0.2, 0.25) is 0 Å². The number of piperidine rings is 1. The molecule has 2 unspecified atom stereocenters. The van der Waals surface area contributed by atoms with Gasteiger partial charge in [-0.1, -0.05) is 6.07 Å². The number of halogens is 2. The molecule has 1 aliphatic heterocycles. The summed E-state index contributed by atoms with van der Waals surface area (Å²) in [6, 6.07) is 7.06. The van der Waals surface area contributed by atoms with Gasteiger partial charge in [0, 0.05) is 27.6 Å². The molecule has 1 aromatic carbocycles. The first-order valence-corrected chi connectivity index (χ1v) is 7.14. The number of rotatable bonds is 1. The molecule has 0 aliphatic carbocycles. The first-order valence-electron chi connectivity index (χ1n) is 5.56. The zero-order chi connectivity index (χ0) is 11.7. The van der Waals surface area contributed by atoms with E-state index < -0.39 is 0 Å². The van der Waals surface area contributed by atoms with Gasteiger partial charge in [0.2, 0.25) is 0 Å². The van der Waals surface area contributed by atoms with E-state index in [1.54, 1.807) is 0 Å². The Morgan fingerprint density at radius 3 is 2.50 bits per heavy atom. The molecular formula is C12H16Br2N2. The fourth-order valence-electron chi connectivity index (χ4n) is 2.30. The number of nitrogens with zero attached hydrogens (tertiary/aromatic N) is 1. The average Bonchev–Trinajstić information content (AvgIpc) is 2.20. The molecule has 88 valence electrons. The minimum absolute atomic E-state index is 0.354. The summed E-state index contributed by atoms with van der Waals surface area (Å²) in [5.74, 6) is 0. The number of benzene rings is 1. The van der Waals surface area contributed by atoms with Gasteiger partial charge in [-0.3, -0.25) is 0 Å². The summed E-state index contributed by atoms with van der Waals surface area (Å²) in [5, 5.41) is 0. The predicted octanol–water partition coefficient (Wildman–Crippen LogP) is 3.53. The molecule has 0 amide bonds. The van der Waals surface area contributed by atoms with Crippen molar-refractivity contribution in [1.82, 2.24) is 0 Å². The van der Waals surface area contributed by atoms with Gasteiger partial charge in [0.25, 0.3) is 0 Å². The molecule has 2 atom stereocenters. The normalized spacial score (nSPS) is 25.9. The van der Waals surface area contributed by atoms with Crippen LogP contribution in [-0.4, -0.2) is 18.6 Å². The number of nitrogens with two attached hydrogens (primary N) is 1. The maximum absolute atomic E-state index is 5.99. The number of hydrogen-bond donors (Lipinski definition) is 1. The summed E-state index contributed by atoms with van der Waals surface area (Å²) in [6.45, 7) is 3.27. The molecule has 1 heterocycles. The Balaban J connectivity index is 2.30. The summed E-state index contributed by atoms with van der Waals surface area (Å²) < 4.78 is 2.29. The molecule has 0 spiro atoms. The Kier molecular flexibility index (Phi) is 3.93. The van der Waals surface area contributed by atoms with Crippen molar-refractivity contribution in [1.29, 1.82) is 0 Å². The van der Waals surface area contributed by atoms with Gasteiger partial charge in [0.1, 0.15) is 0 Å². The zero-order valence-corrected chi connectivity index (χ0v) is 12.5. The molecule has 2 N–H and O–H groups in total. The van der Waals surface area contributed by atoms with E-state index >= 15 is 0 Å². The third-order valence-corrected chi connectivity index (χ3v) is 4.42. The van der Waals surface area contributed by atoms with Crippen LogP contribution in [0.4, 0.5) is 5.69 Å². The predicted molar refractivity (Wildman–Crippen MR) is 75.9 cm³/mol. The first-order chi connectivity index (χ1) is 7.59. The van der Waals surface area contributed by atoms with Gasteiger partial charge in [-0.15, -0.1) is 0 Å². The summed E-state index contributed by atoms with van der Waals surface area (Å²) in [6.07, 6.45) is 2.13. The van der Waals surface area contributed by atoms with Gasteiger partial charge in [-0.05, 0) is 63.8 Å². The molecule has 1 fully saturated rings. The van der Waals surface area contributed by atoms with E-state index in [4.69, 9.17) is 5.73 Å². The quantitative estimate of drug-likeness (QED) is 0.842. The lowest BCUT2D eigenvalue weighted by molar-refractivity contribution is 0.429. The second-order valence-electron chi connectivity index (χ2n) is 4.40. The van der Waals surface area contributed by atoms with Crippen molar-refractivity contribution >= 4 is 37.5 Å². The number of hydrogen-bond acceptors (Lipinski definition) is 2. The van der Waals surface area contributed by atoms with Gasteiger partial charge >= 0.3 is 0 Å².